The van der Waals surface area contributed by atoms with Crippen molar-refractivity contribution in [2.45, 2.75) is 26.4 Å². The number of carbonyl (C=O) groups excluding carboxylic acids is 2. The molecule has 1 aromatic carbocycles. The molecule has 0 atom stereocenters. The Hall–Kier alpha value is -2.48. The number of rotatable bonds is 3. The van der Waals surface area contributed by atoms with Crippen LogP contribution in [0.4, 0.5) is 4.79 Å². The van der Waals surface area contributed by atoms with Crippen molar-refractivity contribution >= 4 is 12.4 Å². The van der Waals surface area contributed by atoms with Gasteiger partial charge in [-0.05, 0) is 39.0 Å². The number of nitrogens with one attached hydrogen (secondary N) is 1. The summed E-state index contributed by atoms with van der Waals surface area (Å²) in [7, 11) is 1.53. The fraction of sp³-hybridized carbons (Fsp3) is 0.375. The average molecular weight is 289 g/mol. The Bertz CT molecular complexity index is 576. The Balaban J connectivity index is 2.66. The second-order valence-electron chi connectivity index (χ2n) is 5.23. The quantitative estimate of drug-likeness (QED) is 0.685. The SMILES string of the molecule is COc1ccc(C=O)cc1C#CCNC(=O)OC(C)(C)C. The van der Waals surface area contributed by atoms with Gasteiger partial charge in [0.25, 0.3) is 0 Å². The molecule has 5 heteroatoms. The number of hydrogen-bond donors (Lipinski definition) is 1. The van der Waals surface area contributed by atoms with Crippen LogP contribution in [0.5, 0.6) is 5.75 Å². The summed E-state index contributed by atoms with van der Waals surface area (Å²) in [5.74, 6) is 6.21. The van der Waals surface area contributed by atoms with Crippen LogP contribution in [0.25, 0.3) is 0 Å². The van der Waals surface area contributed by atoms with Gasteiger partial charge in [0.15, 0.2) is 0 Å². The summed E-state index contributed by atoms with van der Waals surface area (Å²) in [6.45, 7) is 5.50. The lowest BCUT2D eigenvalue weighted by molar-refractivity contribution is 0.0535. The van der Waals surface area contributed by atoms with Crippen molar-refractivity contribution in [1.29, 1.82) is 0 Å². The first-order valence-electron chi connectivity index (χ1n) is 6.44. The van der Waals surface area contributed by atoms with E-state index in [-0.39, 0.29) is 6.54 Å². The second kappa shape index (κ2) is 7.34. The molecule has 0 aliphatic carbocycles. The highest BCUT2D eigenvalue weighted by atomic mass is 16.6. The fourth-order valence-corrected chi connectivity index (χ4v) is 1.47. The molecule has 0 bridgehead atoms. The van der Waals surface area contributed by atoms with Gasteiger partial charge in [0.05, 0.1) is 19.2 Å². The van der Waals surface area contributed by atoms with Gasteiger partial charge < -0.3 is 14.8 Å². The molecule has 0 radical (unpaired) electrons. The molecule has 0 fully saturated rings. The minimum absolute atomic E-state index is 0.142. The predicted octanol–water partition coefficient (Wildman–Crippen LogP) is 2.38. The van der Waals surface area contributed by atoms with E-state index >= 15 is 0 Å². The highest BCUT2D eigenvalue weighted by molar-refractivity contribution is 5.76. The Morgan fingerprint density at radius 3 is 2.67 bits per heavy atom. The first-order valence-corrected chi connectivity index (χ1v) is 6.44. The van der Waals surface area contributed by atoms with E-state index in [1.807, 2.05) is 0 Å². The van der Waals surface area contributed by atoms with Crippen molar-refractivity contribution in [3.63, 3.8) is 0 Å². The maximum absolute atomic E-state index is 11.4. The molecule has 1 rings (SSSR count). The lowest BCUT2D eigenvalue weighted by Crippen LogP contribution is -2.32. The van der Waals surface area contributed by atoms with Gasteiger partial charge >= 0.3 is 6.09 Å². The van der Waals surface area contributed by atoms with Gasteiger partial charge in [-0.25, -0.2) is 4.79 Å². The zero-order valence-electron chi connectivity index (χ0n) is 12.6. The predicted molar refractivity (Wildman–Crippen MR) is 79.5 cm³/mol. The molecule has 21 heavy (non-hydrogen) atoms. The van der Waals surface area contributed by atoms with Crippen LogP contribution < -0.4 is 10.1 Å². The summed E-state index contributed by atoms with van der Waals surface area (Å²) in [5.41, 5.74) is 0.562. The summed E-state index contributed by atoms with van der Waals surface area (Å²) in [6.07, 6.45) is 0.217. The third kappa shape index (κ3) is 6.00. The molecule has 0 aromatic heterocycles. The topological polar surface area (TPSA) is 64.6 Å². The van der Waals surface area contributed by atoms with Gasteiger partial charge in [-0.3, -0.25) is 4.79 Å². The lowest BCUT2D eigenvalue weighted by atomic mass is 10.1. The zero-order valence-corrected chi connectivity index (χ0v) is 12.6. The van der Waals surface area contributed by atoms with E-state index in [1.54, 1.807) is 39.0 Å². The average Bonchev–Trinajstić information content (AvgIpc) is 2.41. The summed E-state index contributed by atoms with van der Waals surface area (Å²) >= 11 is 0. The number of ether oxygens (including phenoxy) is 2. The van der Waals surface area contributed by atoms with Crippen molar-refractivity contribution in [3.8, 4) is 17.6 Å². The summed E-state index contributed by atoms with van der Waals surface area (Å²) in [5, 5.41) is 2.53. The van der Waals surface area contributed by atoms with Crippen LogP contribution in [0, 0.1) is 11.8 Å². The van der Waals surface area contributed by atoms with Crippen molar-refractivity contribution in [2.75, 3.05) is 13.7 Å². The lowest BCUT2D eigenvalue weighted by Gasteiger charge is -2.19. The molecule has 0 spiro atoms. The molecule has 0 aliphatic rings. The smallest absolute Gasteiger partial charge is 0.408 e. The van der Waals surface area contributed by atoms with E-state index < -0.39 is 11.7 Å². The van der Waals surface area contributed by atoms with Gasteiger partial charge in [-0.1, -0.05) is 11.8 Å². The van der Waals surface area contributed by atoms with Crippen LogP contribution in [0.15, 0.2) is 18.2 Å². The van der Waals surface area contributed by atoms with Gasteiger partial charge in [0, 0.05) is 5.56 Å². The maximum atomic E-state index is 11.4. The largest absolute Gasteiger partial charge is 0.495 e. The van der Waals surface area contributed by atoms with E-state index in [1.165, 1.54) is 7.11 Å². The molecule has 0 saturated carbocycles. The second-order valence-corrected chi connectivity index (χ2v) is 5.23. The van der Waals surface area contributed by atoms with E-state index in [0.29, 0.717) is 16.9 Å². The molecule has 0 heterocycles. The van der Waals surface area contributed by atoms with Gasteiger partial charge in [0.2, 0.25) is 0 Å². The van der Waals surface area contributed by atoms with Crippen molar-refractivity contribution < 1.29 is 19.1 Å². The summed E-state index contributed by atoms with van der Waals surface area (Å²) in [6, 6.07) is 4.96. The molecule has 0 unspecified atom stereocenters. The Morgan fingerprint density at radius 1 is 1.38 bits per heavy atom. The van der Waals surface area contributed by atoms with Crippen molar-refractivity contribution in [1.82, 2.24) is 5.32 Å². The number of amides is 1. The summed E-state index contributed by atoms with van der Waals surface area (Å²) in [4.78, 5) is 22.2. The molecular weight excluding hydrogens is 270 g/mol. The number of benzene rings is 1. The number of carbonyl (C=O) groups is 2. The van der Waals surface area contributed by atoms with E-state index in [9.17, 15) is 9.59 Å². The van der Waals surface area contributed by atoms with Gasteiger partial charge in [-0.2, -0.15) is 0 Å². The van der Waals surface area contributed by atoms with Gasteiger partial charge in [-0.15, -0.1) is 0 Å². The fourth-order valence-electron chi connectivity index (χ4n) is 1.47. The first kappa shape index (κ1) is 16.6. The van der Waals surface area contributed by atoms with Crippen LogP contribution in [0.3, 0.4) is 0 Å². The standard InChI is InChI=1S/C16H19NO4/c1-16(2,3)21-15(19)17-9-5-6-13-10-12(11-18)7-8-14(13)20-4/h7-8,10-11H,9H2,1-4H3,(H,17,19). The molecule has 0 saturated heterocycles. The molecule has 1 amide bonds. The van der Waals surface area contributed by atoms with Crippen molar-refractivity contribution in [2.24, 2.45) is 0 Å². The number of hydrogen-bond acceptors (Lipinski definition) is 4. The minimum Gasteiger partial charge on any atom is -0.495 e. The zero-order chi connectivity index (χ0) is 15.9. The summed E-state index contributed by atoms with van der Waals surface area (Å²) < 4.78 is 10.2. The monoisotopic (exact) mass is 289 g/mol. The van der Waals surface area contributed by atoms with Crippen molar-refractivity contribution in [3.05, 3.63) is 29.3 Å². The maximum Gasteiger partial charge on any atom is 0.408 e. The molecule has 5 nitrogen and oxygen atoms in total. The number of aldehydes is 1. The van der Waals surface area contributed by atoms with Crippen LogP contribution in [-0.4, -0.2) is 31.6 Å². The minimum atomic E-state index is -0.543. The highest BCUT2D eigenvalue weighted by Gasteiger charge is 2.15. The highest BCUT2D eigenvalue weighted by Crippen LogP contribution is 2.17. The number of methoxy groups -OCH3 is 1. The molecule has 0 aliphatic heterocycles. The third-order valence-electron chi connectivity index (χ3n) is 2.30. The van der Waals surface area contributed by atoms with Crippen LogP contribution in [-0.2, 0) is 4.74 Å². The Kier molecular flexibility index (Phi) is 5.79. The third-order valence-corrected chi connectivity index (χ3v) is 2.30. The van der Waals surface area contributed by atoms with E-state index in [4.69, 9.17) is 9.47 Å². The molecule has 1 N–H and O–H groups in total. The van der Waals surface area contributed by atoms with Crippen LogP contribution in [0.2, 0.25) is 0 Å². The first-order chi connectivity index (χ1) is 9.85. The van der Waals surface area contributed by atoms with Crippen LogP contribution in [0.1, 0.15) is 36.7 Å². The molecule has 1 aromatic rings. The molecule has 112 valence electrons. The molecular formula is C16H19NO4. The normalized spacial score (nSPS) is 10.1. The van der Waals surface area contributed by atoms with Crippen LogP contribution >= 0.6 is 0 Å². The van der Waals surface area contributed by atoms with Gasteiger partial charge in [0.1, 0.15) is 17.6 Å². The Morgan fingerprint density at radius 2 is 2.10 bits per heavy atom. The Labute approximate surface area is 124 Å². The van der Waals surface area contributed by atoms with E-state index in [0.717, 1.165) is 6.29 Å². The van der Waals surface area contributed by atoms with E-state index in [2.05, 4.69) is 17.2 Å². The number of alkyl carbamates (subject to hydrolysis) is 1.